The van der Waals surface area contributed by atoms with Gasteiger partial charge < -0.3 is 9.88 Å². The number of hydrogen-bond acceptors (Lipinski definition) is 1. The highest BCUT2D eigenvalue weighted by molar-refractivity contribution is 5.76. The summed E-state index contributed by atoms with van der Waals surface area (Å²) in [5.74, 6) is -0.319. The second-order valence-corrected chi connectivity index (χ2v) is 5.66. The summed E-state index contributed by atoms with van der Waals surface area (Å²) in [6.07, 6.45) is 4.13. The van der Waals surface area contributed by atoms with Crippen LogP contribution < -0.4 is 5.32 Å². The molecule has 122 valence electrons. The van der Waals surface area contributed by atoms with Gasteiger partial charge in [-0.1, -0.05) is 42.5 Å². The Bertz CT molecular complexity index is 767. The quantitative estimate of drug-likeness (QED) is 0.733. The monoisotopic (exact) mass is 322 g/mol. The van der Waals surface area contributed by atoms with Gasteiger partial charge in [-0.3, -0.25) is 4.79 Å². The number of halogens is 1. The zero-order chi connectivity index (χ0) is 16.8. The average molecular weight is 322 g/mol. The fourth-order valence-electron chi connectivity index (χ4n) is 2.68. The van der Waals surface area contributed by atoms with Crippen LogP contribution in [0.5, 0.6) is 0 Å². The van der Waals surface area contributed by atoms with Crippen molar-refractivity contribution in [3.63, 3.8) is 0 Å². The van der Waals surface area contributed by atoms with Crippen molar-refractivity contribution in [2.75, 3.05) is 0 Å². The van der Waals surface area contributed by atoms with E-state index in [0.717, 1.165) is 11.1 Å². The molecule has 4 heteroatoms. The third kappa shape index (κ3) is 4.10. The SMILES string of the molecule is O=C(C[C@H](c1ccc(F)cc1)n1cccc1)NCc1ccccc1. The van der Waals surface area contributed by atoms with E-state index in [1.807, 2.05) is 59.4 Å². The molecule has 3 rings (SSSR count). The van der Waals surface area contributed by atoms with Gasteiger partial charge in [-0.2, -0.15) is 0 Å². The molecule has 0 unspecified atom stereocenters. The lowest BCUT2D eigenvalue weighted by atomic mass is 10.0. The Balaban J connectivity index is 1.70. The second kappa shape index (κ2) is 7.59. The molecule has 1 amide bonds. The molecular weight excluding hydrogens is 303 g/mol. The van der Waals surface area contributed by atoms with Crippen LogP contribution in [-0.4, -0.2) is 10.5 Å². The molecule has 0 saturated carbocycles. The minimum atomic E-state index is -0.279. The molecule has 1 N–H and O–H groups in total. The summed E-state index contributed by atoms with van der Waals surface area (Å²) in [4.78, 5) is 12.4. The molecule has 0 aliphatic heterocycles. The number of carbonyl (C=O) groups excluding carboxylic acids is 1. The van der Waals surface area contributed by atoms with Crippen molar-refractivity contribution in [1.29, 1.82) is 0 Å². The number of benzene rings is 2. The van der Waals surface area contributed by atoms with Gasteiger partial charge in [0, 0.05) is 18.9 Å². The van der Waals surface area contributed by atoms with Crippen LogP contribution in [0.4, 0.5) is 4.39 Å². The summed E-state index contributed by atoms with van der Waals surface area (Å²) in [6, 6.07) is 19.8. The molecule has 3 nitrogen and oxygen atoms in total. The van der Waals surface area contributed by atoms with Crippen molar-refractivity contribution in [3.8, 4) is 0 Å². The molecule has 0 bridgehead atoms. The van der Waals surface area contributed by atoms with E-state index in [1.165, 1.54) is 12.1 Å². The van der Waals surface area contributed by atoms with Crippen LogP contribution in [-0.2, 0) is 11.3 Å². The standard InChI is InChI=1S/C20H19FN2O/c21-18-10-8-17(9-11-18)19(23-12-4-5-13-23)14-20(24)22-15-16-6-2-1-3-7-16/h1-13,19H,14-15H2,(H,22,24)/t19-/m1/s1. The molecule has 0 saturated heterocycles. The van der Waals surface area contributed by atoms with Gasteiger partial charge in [-0.05, 0) is 35.4 Å². The van der Waals surface area contributed by atoms with Crippen molar-refractivity contribution in [2.24, 2.45) is 0 Å². The van der Waals surface area contributed by atoms with Crippen LogP contribution in [0.25, 0.3) is 0 Å². The summed E-state index contributed by atoms with van der Waals surface area (Å²) < 4.78 is 15.1. The normalized spacial score (nSPS) is 11.9. The number of nitrogens with zero attached hydrogens (tertiary/aromatic N) is 1. The van der Waals surface area contributed by atoms with E-state index in [4.69, 9.17) is 0 Å². The first-order valence-corrected chi connectivity index (χ1v) is 7.91. The van der Waals surface area contributed by atoms with Crippen molar-refractivity contribution in [2.45, 2.75) is 19.0 Å². The molecular formula is C20H19FN2O. The van der Waals surface area contributed by atoms with E-state index in [1.54, 1.807) is 12.1 Å². The zero-order valence-electron chi connectivity index (χ0n) is 13.2. The fraction of sp³-hybridized carbons (Fsp3) is 0.150. The lowest BCUT2D eigenvalue weighted by Crippen LogP contribution is -2.26. The van der Waals surface area contributed by atoms with Gasteiger partial charge in [0.15, 0.2) is 0 Å². The maximum Gasteiger partial charge on any atom is 0.222 e. The maximum absolute atomic E-state index is 13.2. The summed E-state index contributed by atoms with van der Waals surface area (Å²) in [6.45, 7) is 0.501. The van der Waals surface area contributed by atoms with E-state index < -0.39 is 0 Å². The first kappa shape index (κ1) is 16.0. The number of nitrogens with one attached hydrogen (secondary N) is 1. The minimum absolute atomic E-state index is 0.0399. The Morgan fingerprint density at radius 2 is 1.62 bits per heavy atom. The highest BCUT2D eigenvalue weighted by Crippen LogP contribution is 2.22. The summed E-state index contributed by atoms with van der Waals surface area (Å²) >= 11 is 0. The van der Waals surface area contributed by atoms with Gasteiger partial charge in [0.25, 0.3) is 0 Å². The molecule has 0 spiro atoms. The predicted molar refractivity (Wildman–Crippen MR) is 91.9 cm³/mol. The Labute approximate surface area is 140 Å². The molecule has 1 heterocycles. The molecule has 0 aliphatic carbocycles. The Morgan fingerprint density at radius 3 is 2.29 bits per heavy atom. The first-order chi connectivity index (χ1) is 11.7. The Kier molecular flexibility index (Phi) is 5.06. The van der Waals surface area contributed by atoms with Crippen molar-refractivity contribution in [1.82, 2.24) is 9.88 Å². The molecule has 1 aromatic heterocycles. The lowest BCUT2D eigenvalue weighted by molar-refractivity contribution is -0.121. The van der Waals surface area contributed by atoms with Crippen molar-refractivity contribution < 1.29 is 9.18 Å². The third-order valence-electron chi connectivity index (χ3n) is 3.95. The first-order valence-electron chi connectivity index (χ1n) is 7.91. The minimum Gasteiger partial charge on any atom is -0.352 e. The molecule has 2 aromatic carbocycles. The fourth-order valence-corrected chi connectivity index (χ4v) is 2.68. The highest BCUT2D eigenvalue weighted by atomic mass is 19.1. The van der Waals surface area contributed by atoms with Gasteiger partial charge in [0.05, 0.1) is 12.5 Å². The van der Waals surface area contributed by atoms with Crippen LogP contribution in [0.3, 0.4) is 0 Å². The van der Waals surface area contributed by atoms with E-state index in [9.17, 15) is 9.18 Å². The van der Waals surface area contributed by atoms with Crippen LogP contribution in [0, 0.1) is 5.82 Å². The van der Waals surface area contributed by atoms with Gasteiger partial charge >= 0.3 is 0 Å². The number of rotatable bonds is 6. The summed E-state index contributed by atoms with van der Waals surface area (Å²) in [5, 5.41) is 2.95. The smallest absolute Gasteiger partial charge is 0.222 e. The maximum atomic E-state index is 13.2. The van der Waals surface area contributed by atoms with Gasteiger partial charge in [0.2, 0.25) is 5.91 Å². The lowest BCUT2D eigenvalue weighted by Gasteiger charge is -2.19. The van der Waals surface area contributed by atoms with E-state index in [-0.39, 0.29) is 17.8 Å². The molecule has 0 aliphatic rings. The molecule has 0 radical (unpaired) electrons. The number of hydrogen-bond donors (Lipinski definition) is 1. The predicted octanol–water partition coefficient (Wildman–Crippen LogP) is 3.92. The molecule has 0 fully saturated rings. The number of amides is 1. The van der Waals surface area contributed by atoms with Crippen LogP contribution in [0.2, 0.25) is 0 Å². The number of carbonyl (C=O) groups is 1. The summed E-state index contributed by atoms with van der Waals surface area (Å²) in [7, 11) is 0. The van der Waals surface area contributed by atoms with Crippen LogP contribution in [0.1, 0.15) is 23.6 Å². The van der Waals surface area contributed by atoms with Crippen molar-refractivity contribution in [3.05, 3.63) is 96.1 Å². The Morgan fingerprint density at radius 1 is 0.958 bits per heavy atom. The second-order valence-electron chi connectivity index (χ2n) is 5.66. The van der Waals surface area contributed by atoms with Gasteiger partial charge in [-0.25, -0.2) is 4.39 Å². The van der Waals surface area contributed by atoms with E-state index >= 15 is 0 Å². The molecule has 1 atom stereocenters. The van der Waals surface area contributed by atoms with Gasteiger partial charge in [0.1, 0.15) is 5.82 Å². The third-order valence-corrected chi connectivity index (χ3v) is 3.95. The van der Waals surface area contributed by atoms with Crippen LogP contribution in [0.15, 0.2) is 79.1 Å². The molecule has 24 heavy (non-hydrogen) atoms. The summed E-state index contributed by atoms with van der Waals surface area (Å²) in [5.41, 5.74) is 1.97. The van der Waals surface area contributed by atoms with E-state index in [2.05, 4.69) is 5.32 Å². The average Bonchev–Trinajstić information content (AvgIpc) is 3.14. The number of aromatic nitrogens is 1. The molecule has 3 aromatic rings. The zero-order valence-corrected chi connectivity index (χ0v) is 13.2. The Hall–Kier alpha value is -2.88. The van der Waals surface area contributed by atoms with Crippen molar-refractivity contribution >= 4 is 5.91 Å². The van der Waals surface area contributed by atoms with Crippen LogP contribution >= 0.6 is 0 Å². The largest absolute Gasteiger partial charge is 0.352 e. The van der Waals surface area contributed by atoms with Gasteiger partial charge in [-0.15, -0.1) is 0 Å². The van der Waals surface area contributed by atoms with E-state index in [0.29, 0.717) is 13.0 Å². The topological polar surface area (TPSA) is 34.0 Å². The highest BCUT2D eigenvalue weighted by Gasteiger charge is 2.17.